The maximum atomic E-state index is 13.7. The minimum atomic E-state index is -0.296. The van der Waals surface area contributed by atoms with Crippen molar-refractivity contribution >= 4 is 11.6 Å². The van der Waals surface area contributed by atoms with Crippen LogP contribution >= 0.6 is 11.6 Å². The molecule has 0 aliphatic heterocycles. The summed E-state index contributed by atoms with van der Waals surface area (Å²) in [5.41, 5.74) is 1.15. The van der Waals surface area contributed by atoms with Crippen molar-refractivity contribution in [3.63, 3.8) is 0 Å². The lowest BCUT2D eigenvalue weighted by atomic mass is 9.85. The zero-order valence-electron chi connectivity index (χ0n) is 11.1. The molecule has 0 saturated heterocycles. The van der Waals surface area contributed by atoms with Crippen molar-refractivity contribution in [2.45, 2.75) is 26.8 Å². The number of rotatable bonds is 4. The van der Waals surface area contributed by atoms with Crippen LogP contribution in [-0.2, 0) is 0 Å². The number of nitriles is 1. The van der Waals surface area contributed by atoms with E-state index < -0.39 is 0 Å². The molecular weight excluding hydrogens is 251 g/mol. The van der Waals surface area contributed by atoms with Crippen molar-refractivity contribution < 1.29 is 4.39 Å². The lowest BCUT2D eigenvalue weighted by Gasteiger charge is -2.26. The van der Waals surface area contributed by atoms with Crippen LogP contribution in [-0.4, -0.2) is 7.05 Å². The Hall–Kier alpha value is -1.11. The summed E-state index contributed by atoms with van der Waals surface area (Å²) in [6.07, 6.45) is 0. The Morgan fingerprint density at radius 2 is 2.00 bits per heavy atom. The fourth-order valence-electron chi connectivity index (χ4n) is 2.04. The van der Waals surface area contributed by atoms with E-state index in [1.165, 1.54) is 6.07 Å². The molecule has 0 radical (unpaired) electrons. The van der Waals surface area contributed by atoms with Gasteiger partial charge in [-0.3, -0.25) is 0 Å². The van der Waals surface area contributed by atoms with Gasteiger partial charge in [-0.05, 0) is 43.1 Å². The highest BCUT2D eigenvalue weighted by Crippen LogP contribution is 2.33. The lowest BCUT2D eigenvalue weighted by molar-refractivity contribution is 0.362. The first-order valence-electron chi connectivity index (χ1n) is 5.94. The van der Waals surface area contributed by atoms with Gasteiger partial charge in [0.1, 0.15) is 5.82 Å². The van der Waals surface area contributed by atoms with Crippen LogP contribution in [0.1, 0.15) is 31.0 Å². The molecule has 4 heteroatoms. The summed E-state index contributed by atoms with van der Waals surface area (Å²) in [6, 6.07) is 5.03. The van der Waals surface area contributed by atoms with Gasteiger partial charge in [-0.2, -0.15) is 5.26 Å². The van der Waals surface area contributed by atoms with Crippen LogP contribution in [0.4, 0.5) is 4.39 Å². The fraction of sp³-hybridized carbons (Fsp3) is 0.500. The monoisotopic (exact) mass is 268 g/mol. The molecule has 1 aromatic carbocycles. The molecule has 0 spiro atoms. The molecule has 1 aromatic rings. The summed E-state index contributed by atoms with van der Waals surface area (Å²) in [4.78, 5) is 0. The quantitative estimate of drug-likeness (QED) is 0.900. The highest BCUT2D eigenvalue weighted by Gasteiger charge is 2.27. The number of halogens is 2. The van der Waals surface area contributed by atoms with E-state index in [2.05, 4.69) is 11.4 Å². The largest absolute Gasteiger partial charge is 0.312 e. The smallest absolute Gasteiger partial charge is 0.126 e. The normalized spacial score (nSPS) is 14.3. The van der Waals surface area contributed by atoms with Crippen LogP contribution in [0.25, 0.3) is 0 Å². The van der Waals surface area contributed by atoms with E-state index in [4.69, 9.17) is 11.6 Å². The topological polar surface area (TPSA) is 35.8 Å². The van der Waals surface area contributed by atoms with Gasteiger partial charge in [-0.15, -0.1) is 0 Å². The Balaban J connectivity index is 3.25. The Bertz CT molecular complexity index is 466. The third-order valence-corrected chi connectivity index (χ3v) is 3.48. The predicted octanol–water partition coefficient (Wildman–Crippen LogP) is 3.84. The molecule has 0 aliphatic rings. The minimum Gasteiger partial charge on any atom is -0.312 e. The SMILES string of the molecule is CNC(c1cc(F)c(C)cc1Cl)C(C#N)C(C)C. The average molecular weight is 269 g/mol. The molecule has 2 atom stereocenters. The second kappa shape index (κ2) is 6.17. The molecular formula is C14H18ClFN2. The van der Waals surface area contributed by atoms with E-state index in [1.807, 2.05) is 13.8 Å². The summed E-state index contributed by atoms with van der Waals surface area (Å²) >= 11 is 6.16. The number of hydrogen-bond donors (Lipinski definition) is 1. The summed E-state index contributed by atoms with van der Waals surface area (Å²) < 4.78 is 13.7. The predicted molar refractivity (Wildman–Crippen MR) is 71.9 cm³/mol. The zero-order chi connectivity index (χ0) is 13.9. The number of hydrogen-bond acceptors (Lipinski definition) is 2. The number of nitrogens with zero attached hydrogens (tertiary/aromatic N) is 1. The Labute approximate surface area is 113 Å². The van der Waals surface area contributed by atoms with Gasteiger partial charge in [-0.1, -0.05) is 25.4 Å². The van der Waals surface area contributed by atoms with Gasteiger partial charge < -0.3 is 5.32 Å². The Kier molecular flexibility index (Phi) is 5.13. The molecule has 18 heavy (non-hydrogen) atoms. The second-order valence-electron chi connectivity index (χ2n) is 4.79. The van der Waals surface area contributed by atoms with Gasteiger partial charge in [0.2, 0.25) is 0 Å². The van der Waals surface area contributed by atoms with Crippen LogP contribution in [0.2, 0.25) is 5.02 Å². The summed E-state index contributed by atoms with van der Waals surface area (Å²) in [6.45, 7) is 5.61. The third kappa shape index (κ3) is 3.01. The maximum absolute atomic E-state index is 13.7. The summed E-state index contributed by atoms with van der Waals surface area (Å²) in [5.74, 6) is -0.391. The van der Waals surface area contributed by atoms with Crippen LogP contribution in [0.15, 0.2) is 12.1 Å². The molecule has 0 aromatic heterocycles. The van der Waals surface area contributed by atoms with Gasteiger partial charge in [0, 0.05) is 11.1 Å². The van der Waals surface area contributed by atoms with E-state index >= 15 is 0 Å². The highest BCUT2D eigenvalue weighted by molar-refractivity contribution is 6.31. The van der Waals surface area contributed by atoms with Gasteiger partial charge in [0.25, 0.3) is 0 Å². The first-order chi connectivity index (χ1) is 8.42. The lowest BCUT2D eigenvalue weighted by Crippen LogP contribution is -2.28. The second-order valence-corrected chi connectivity index (χ2v) is 5.20. The minimum absolute atomic E-state index is 0.160. The van der Waals surface area contributed by atoms with Crippen molar-refractivity contribution in [1.29, 1.82) is 5.26 Å². The molecule has 0 bridgehead atoms. The van der Waals surface area contributed by atoms with Crippen molar-refractivity contribution in [3.8, 4) is 6.07 Å². The number of nitrogens with one attached hydrogen (secondary N) is 1. The first-order valence-corrected chi connectivity index (χ1v) is 6.32. The van der Waals surface area contributed by atoms with E-state index in [0.29, 0.717) is 16.1 Å². The van der Waals surface area contributed by atoms with Gasteiger partial charge in [0.05, 0.1) is 12.0 Å². The summed E-state index contributed by atoms with van der Waals surface area (Å²) in [5, 5.41) is 12.8. The van der Waals surface area contributed by atoms with E-state index in [0.717, 1.165) is 0 Å². The van der Waals surface area contributed by atoms with Crippen molar-refractivity contribution in [2.24, 2.45) is 11.8 Å². The zero-order valence-corrected chi connectivity index (χ0v) is 11.8. The molecule has 1 rings (SSSR count). The van der Waals surface area contributed by atoms with Crippen molar-refractivity contribution in [2.75, 3.05) is 7.05 Å². The van der Waals surface area contributed by atoms with Gasteiger partial charge >= 0.3 is 0 Å². The van der Waals surface area contributed by atoms with E-state index in [-0.39, 0.29) is 23.7 Å². The maximum Gasteiger partial charge on any atom is 0.126 e. The molecule has 2 nitrogen and oxygen atoms in total. The molecule has 0 fully saturated rings. The molecule has 98 valence electrons. The van der Waals surface area contributed by atoms with E-state index in [9.17, 15) is 9.65 Å². The average Bonchev–Trinajstić information content (AvgIpc) is 2.30. The van der Waals surface area contributed by atoms with Crippen LogP contribution in [0, 0.1) is 35.9 Å². The molecule has 0 saturated carbocycles. The van der Waals surface area contributed by atoms with Crippen molar-refractivity contribution in [1.82, 2.24) is 5.32 Å². The summed E-state index contributed by atoms with van der Waals surface area (Å²) in [7, 11) is 1.76. The number of benzene rings is 1. The fourth-order valence-corrected chi connectivity index (χ4v) is 2.37. The molecule has 0 amide bonds. The van der Waals surface area contributed by atoms with Gasteiger partial charge in [0.15, 0.2) is 0 Å². The molecule has 0 heterocycles. The molecule has 0 aliphatic carbocycles. The van der Waals surface area contributed by atoms with Crippen LogP contribution in [0.5, 0.6) is 0 Å². The van der Waals surface area contributed by atoms with Crippen LogP contribution in [0.3, 0.4) is 0 Å². The Morgan fingerprint density at radius 1 is 1.39 bits per heavy atom. The Morgan fingerprint density at radius 3 is 2.44 bits per heavy atom. The highest BCUT2D eigenvalue weighted by atomic mass is 35.5. The van der Waals surface area contributed by atoms with Crippen molar-refractivity contribution in [3.05, 3.63) is 34.1 Å². The third-order valence-electron chi connectivity index (χ3n) is 3.15. The first kappa shape index (κ1) is 14.9. The molecule has 1 N–H and O–H groups in total. The van der Waals surface area contributed by atoms with Gasteiger partial charge in [-0.25, -0.2) is 4.39 Å². The number of aryl methyl sites for hydroxylation is 1. The standard InChI is InChI=1S/C14H18ClFN2/c1-8(2)11(7-17)14(18-4)10-6-13(16)9(3)5-12(10)15/h5-6,8,11,14,18H,1-4H3. The van der Waals surface area contributed by atoms with E-state index in [1.54, 1.807) is 20.0 Å². The molecule has 2 unspecified atom stereocenters. The van der Waals surface area contributed by atoms with Crippen LogP contribution < -0.4 is 5.32 Å².